The van der Waals surface area contributed by atoms with Gasteiger partial charge in [0.05, 0.1) is 0 Å². The van der Waals surface area contributed by atoms with Crippen LogP contribution >= 0.6 is 0 Å². The Morgan fingerprint density at radius 3 is 1.40 bits per heavy atom. The first-order valence-corrected chi connectivity index (χ1v) is 9.53. The number of amides is 2. The molecule has 0 aromatic heterocycles. The van der Waals surface area contributed by atoms with Crippen LogP contribution < -0.4 is 10.6 Å². The third-order valence-corrected chi connectivity index (χ3v) is 4.99. The second-order valence-electron chi connectivity index (χ2n) is 6.81. The quantitative estimate of drug-likeness (QED) is 0.415. The van der Waals surface area contributed by atoms with Gasteiger partial charge in [0, 0.05) is 22.5 Å². The number of carbonyl (C=O) groups excluding carboxylic acids is 2. The number of hydrogen-bond donors (Lipinski definition) is 2. The van der Waals surface area contributed by atoms with Crippen molar-refractivity contribution in [1.82, 2.24) is 0 Å². The van der Waals surface area contributed by atoms with Crippen molar-refractivity contribution in [2.24, 2.45) is 0 Å². The lowest BCUT2D eigenvalue weighted by molar-refractivity contribution is -0.112. The molecule has 4 heteroatoms. The molecule has 2 N–H and O–H groups in total. The zero-order valence-electron chi connectivity index (χ0n) is 16.3. The highest BCUT2D eigenvalue weighted by Crippen LogP contribution is 2.43. The molecule has 0 saturated heterocycles. The second-order valence-corrected chi connectivity index (χ2v) is 6.81. The molecule has 0 spiro atoms. The molecular formula is C26H20N2O2. The van der Waals surface area contributed by atoms with E-state index in [1.807, 2.05) is 72.8 Å². The fourth-order valence-corrected chi connectivity index (χ4v) is 3.66. The zero-order chi connectivity index (χ0) is 21.1. The molecule has 4 rings (SSSR count). The number of nitrogens with one attached hydrogen (secondary N) is 2. The average molecular weight is 392 g/mol. The van der Waals surface area contributed by atoms with E-state index in [4.69, 9.17) is 0 Å². The summed E-state index contributed by atoms with van der Waals surface area (Å²) in [6, 6.07) is 23.6. The van der Waals surface area contributed by atoms with Crippen molar-refractivity contribution in [3.8, 4) is 11.1 Å². The van der Waals surface area contributed by atoms with E-state index in [0.29, 0.717) is 11.4 Å². The van der Waals surface area contributed by atoms with E-state index in [0.717, 1.165) is 32.7 Å². The Morgan fingerprint density at radius 1 is 0.600 bits per heavy atom. The molecule has 0 aliphatic heterocycles. The van der Waals surface area contributed by atoms with Crippen LogP contribution in [0.4, 0.5) is 11.4 Å². The molecule has 2 amide bonds. The molecular weight excluding hydrogens is 372 g/mol. The van der Waals surface area contributed by atoms with Gasteiger partial charge in [0.15, 0.2) is 0 Å². The van der Waals surface area contributed by atoms with Crippen LogP contribution in [-0.4, -0.2) is 11.8 Å². The first kappa shape index (κ1) is 19.2. The second kappa shape index (κ2) is 8.05. The first-order chi connectivity index (χ1) is 14.6. The standard InChI is InChI=1S/C26H20N2O2/c1-3-23(29)27-21-15-13-17-9-5-7-11-19(17)25(21)26-20-12-8-6-10-18(20)14-16-22(26)28-24(30)4-2/h3-16H,1-2H2,(H,27,29)(H,28,30). The molecule has 4 aromatic rings. The zero-order valence-corrected chi connectivity index (χ0v) is 16.3. The average Bonchev–Trinajstić information content (AvgIpc) is 2.79. The minimum Gasteiger partial charge on any atom is -0.322 e. The van der Waals surface area contributed by atoms with Gasteiger partial charge in [0.25, 0.3) is 0 Å². The van der Waals surface area contributed by atoms with E-state index in [1.54, 1.807) is 0 Å². The fraction of sp³-hybridized carbons (Fsp3) is 0. The van der Waals surface area contributed by atoms with Crippen LogP contribution in [0.3, 0.4) is 0 Å². The summed E-state index contributed by atoms with van der Waals surface area (Å²) >= 11 is 0. The molecule has 4 nitrogen and oxygen atoms in total. The molecule has 0 aliphatic carbocycles. The van der Waals surface area contributed by atoms with Gasteiger partial charge in [0.1, 0.15) is 0 Å². The molecule has 0 saturated carbocycles. The van der Waals surface area contributed by atoms with Crippen molar-refractivity contribution in [2.45, 2.75) is 0 Å². The van der Waals surface area contributed by atoms with Crippen LogP contribution in [0.1, 0.15) is 0 Å². The third kappa shape index (κ3) is 3.47. The van der Waals surface area contributed by atoms with Gasteiger partial charge in [0.2, 0.25) is 11.8 Å². The van der Waals surface area contributed by atoms with E-state index in [1.165, 1.54) is 12.2 Å². The molecule has 146 valence electrons. The smallest absolute Gasteiger partial charge is 0.247 e. The molecule has 0 bridgehead atoms. The SMILES string of the molecule is C=CC(=O)Nc1ccc2ccccc2c1-c1c(NC(=O)C=C)ccc2ccccc12. The van der Waals surface area contributed by atoms with Crippen molar-refractivity contribution in [2.75, 3.05) is 10.6 Å². The minimum absolute atomic E-state index is 0.302. The number of benzene rings is 4. The van der Waals surface area contributed by atoms with Crippen molar-refractivity contribution in [3.05, 3.63) is 98.1 Å². The van der Waals surface area contributed by atoms with Crippen LogP contribution in [0.2, 0.25) is 0 Å². The molecule has 4 aromatic carbocycles. The Labute approximate surface area is 174 Å². The van der Waals surface area contributed by atoms with Gasteiger partial charge < -0.3 is 10.6 Å². The lowest BCUT2D eigenvalue weighted by atomic mass is 9.91. The van der Waals surface area contributed by atoms with Crippen LogP contribution in [0.15, 0.2) is 98.1 Å². The van der Waals surface area contributed by atoms with Gasteiger partial charge in [-0.05, 0) is 45.8 Å². The summed E-state index contributed by atoms with van der Waals surface area (Å²) < 4.78 is 0. The molecule has 0 aliphatic rings. The highest BCUT2D eigenvalue weighted by Gasteiger charge is 2.18. The maximum absolute atomic E-state index is 12.2. The fourth-order valence-electron chi connectivity index (χ4n) is 3.66. The lowest BCUT2D eigenvalue weighted by Gasteiger charge is -2.19. The molecule has 0 fully saturated rings. The van der Waals surface area contributed by atoms with Gasteiger partial charge in [-0.2, -0.15) is 0 Å². The number of carbonyl (C=O) groups is 2. The van der Waals surface area contributed by atoms with Gasteiger partial charge >= 0.3 is 0 Å². The normalized spacial score (nSPS) is 10.5. The maximum Gasteiger partial charge on any atom is 0.247 e. The van der Waals surface area contributed by atoms with E-state index >= 15 is 0 Å². The van der Waals surface area contributed by atoms with Crippen LogP contribution in [0, 0.1) is 0 Å². The van der Waals surface area contributed by atoms with Gasteiger partial charge in [-0.25, -0.2) is 0 Å². The van der Waals surface area contributed by atoms with Gasteiger partial charge in [-0.3, -0.25) is 9.59 Å². The summed E-state index contributed by atoms with van der Waals surface area (Å²) in [7, 11) is 0. The summed E-state index contributed by atoms with van der Waals surface area (Å²) in [5.41, 5.74) is 2.95. The highest BCUT2D eigenvalue weighted by atomic mass is 16.2. The summed E-state index contributed by atoms with van der Waals surface area (Å²) in [6.07, 6.45) is 2.48. The minimum atomic E-state index is -0.302. The Kier molecular flexibility index (Phi) is 5.14. The van der Waals surface area contributed by atoms with Crippen LogP contribution in [0.25, 0.3) is 32.7 Å². The number of hydrogen-bond acceptors (Lipinski definition) is 2. The van der Waals surface area contributed by atoms with E-state index < -0.39 is 0 Å². The summed E-state index contributed by atoms with van der Waals surface area (Å²) in [5, 5.41) is 9.82. The number of anilines is 2. The van der Waals surface area contributed by atoms with Gasteiger partial charge in [-0.15, -0.1) is 0 Å². The van der Waals surface area contributed by atoms with E-state index in [-0.39, 0.29) is 11.8 Å². The number of fused-ring (bicyclic) bond motifs is 2. The predicted molar refractivity (Wildman–Crippen MR) is 125 cm³/mol. The largest absolute Gasteiger partial charge is 0.322 e. The Hall–Kier alpha value is -4.18. The predicted octanol–water partition coefficient (Wildman–Crippen LogP) is 5.91. The van der Waals surface area contributed by atoms with Crippen molar-refractivity contribution < 1.29 is 9.59 Å². The van der Waals surface area contributed by atoms with Crippen molar-refractivity contribution >= 4 is 44.7 Å². The lowest BCUT2D eigenvalue weighted by Crippen LogP contribution is -2.11. The highest BCUT2D eigenvalue weighted by molar-refractivity contribution is 6.17. The Balaban J connectivity index is 2.12. The summed E-state index contributed by atoms with van der Waals surface area (Å²) in [4.78, 5) is 24.3. The molecule has 0 atom stereocenters. The van der Waals surface area contributed by atoms with Crippen LogP contribution in [0.5, 0.6) is 0 Å². The van der Waals surface area contributed by atoms with Crippen molar-refractivity contribution in [1.29, 1.82) is 0 Å². The van der Waals surface area contributed by atoms with E-state index in [9.17, 15) is 9.59 Å². The first-order valence-electron chi connectivity index (χ1n) is 9.53. The van der Waals surface area contributed by atoms with Crippen molar-refractivity contribution in [3.63, 3.8) is 0 Å². The summed E-state index contributed by atoms with van der Waals surface area (Å²) in [5.74, 6) is -0.605. The van der Waals surface area contributed by atoms with E-state index in [2.05, 4.69) is 23.8 Å². The molecule has 0 heterocycles. The molecule has 0 unspecified atom stereocenters. The Bertz CT molecular complexity index is 1220. The van der Waals surface area contributed by atoms with Gasteiger partial charge in [-0.1, -0.05) is 73.8 Å². The number of rotatable bonds is 5. The Morgan fingerprint density at radius 2 is 1.00 bits per heavy atom. The third-order valence-electron chi connectivity index (χ3n) is 4.99. The monoisotopic (exact) mass is 392 g/mol. The summed E-state index contributed by atoms with van der Waals surface area (Å²) in [6.45, 7) is 7.12. The van der Waals surface area contributed by atoms with Crippen LogP contribution in [-0.2, 0) is 9.59 Å². The molecule has 30 heavy (non-hydrogen) atoms. The topological polar surface area (TPSA) is 58.2 Å². The molecule has 0 radical (unpaired) electrons. The maximum atomic E-state index is 12.2.